The zero-order valence-electron chi connectivity index (χ0n) is 9.24. The van der Waals surface area contributed by atoms with Gasteiger partial charge in [-0.05, 0) is 25.5 Å². The monoisotopic (exact) mass is 226 g/mol. The Hall–Kier alpha value is -1.58. The summed E-state index contributed by atoms with van der Waals surface area (Å²) in [6.07, 6.45) is 0.815. The first-order valence-corrected chi connectivity index (χ1v) is 5.27. The highest BCUT2D eigenvalue weighted by atomic mass is 19.1. The number of hydrogen-bond donors (Lipinski definition) is 0. The quantitative estimate of drug-likeness (QED) is 0.552. The van der Waals surface area contributed by atoms with Crippen LogP contribution in [0.4, 0.5) is 4.39 Å². The van der Waals surface area contributed by atoms with E-state index in [2.05, 4.69) is 0 Å². The average Bonchev–Trinajstić information content (AvgIpc) is 2.27. The van der Waals surface area contributed by atoms with E-state index in [9.17, 15) is 9.18 Å². The number of carbonyl (C=O) groups is 1. The molecule has 88 valence electrons. The smallest absolute Gasteiger partial charge is 0.305 e. The van der Waals surface area contributed by atoms with Crippen molar-refractivity contribution in [1.29, 1.82) is 0 Å². The van der Waals surface area contributed by atoms with Crippen molar-refractivity contribution in [3.63, 3.8) is 0 Å². The molecule has 0 heterocycles. The fraction of sp³-hybridized carbons (Fsp3) is 0.417. The number of ether oxygens (including phenoxy) is 2. The highest BCUT2D eigenvalue weighted by Gasteiger charge is 2.03. The molecule has 16 heavy (non-hydrogen) atoms. The van der Waals surface area contributed by atoms with Crippen molar-refractivity contribution in [2.45, 2.75) is 19.8 Å². The first-order valence-electron chi connectivity index (χ1n) is 5.27. The van der Waals surface area contributed by atoms with E-state index in [1.54, 1.807) is 25.1 Å². The molecule has 0 aromatic heterocycles. The van der Waals surface area contributed by atoms with Crippen LogP contribution in [0.15, 0.2) is 24.3 Å². The van der Waals surface area contributed by atoms with E-state index in [4.69, 9.17) is 9.47 Å². The zero-order chi connectivity index (χ0) is 11.8. The molecule has 0 saturated carbocycles. The van der Waals surface area contributed by atoms with E-state index in [1.165, 1.54) is 6.07 Å². The van der Waals surface area contributed by atoms with Crippen molar-refractivity contribution < 1.29 is 18.7 Å². The van der Waals surface area contributed by atoms with E-state index in [1.807, 2.05) is 0 Å². The van der Waals surface area contributed by atoms with Crippen LogP contribution in [-0.2, 0) is 9.53 Å². The van der Waals surface area contributed by atoms with Crippen molar-refractivity contribution in [3.8, 4) is 5.75 Å². The van der Waals surface area contributed by atoms with Crippen LogP contribution in [0.2, 0.25) is 0 Å². The summed E-state index contributed by atoms with van der Waals surface area (Å²) in [7, 11) is 0. The molecule has 0 radical (unpaired) electrons. The lowest BCUT2D eigenvalue weighted by Gasteiger charge is -2.06. The van der Waals surface area contributed by atoms with Gasteiger partial charge in [-0.1, -0.05) is 12.1 Å². The Morgan fingerprint density at radius 3 is 2.81 bits per heavy atom. The fourth-order valence-corrected chi connectivity index (χ4v) is 1.19. The highest BCUT2D eigenvalue weighted by molar-refractivity contribution is 5.69. The standard InChI is InChI=1S/C12H15FO3/c1-2-15-12(14)8-5-9-16-11-7-4-3-6-10(11)13/h3-4,6-7H,2,5,8-9H2,1H3. The molecular weight excluding hydrogens is 211 g/mol. The van der Waals surface area contributed by atoms with Gasteiger partial charge in [0.1, 0.15) is 0 Å². The molecule has 0 aliphatic heterocycles. The number of carbonyl (C=O) groups excluding carboxylic acids is 1. The number of para-hydroxylation sites is 1. The van der Waals surface area contributed by atoms with Gasteiger partial charge in [-0.3, -0.25) is 4.79 Å². The molecule has 1 aromatic carbocycles. The third kappa shape index (κ3) is 4.29. The SMILES string of the molecule is CCOC(=O)CCCOc1ccccc1F. The normalized spacial score (nSPS) is 9.88. The van der Waals surface area contributed by atoms with Crippen molar-refractivity contribution in [2.24, 2.45) is 0 Å². The summed E-state index contributed by atoms with van der Waals surface area (Å²) in [6.45, 7) is 2.44. The van der Waals surface area contributed by atoms with E-state index in [0.29, 0.717) is 26.1 Å². The Morgan fingerprint density at radius 2 is 2.12 bits per heavy atom. The summed E-state index contributed by atoms with van der Waals surface area (Å²) in [6, 6.07) is 6.19. The fourth-order valence-electron chi connectivity index (χ4n) is 1.19. The van der Waals surface area contributed by atoms with Gasteiger partial charge in [0.2, 0.25) is 0 Å². The lowest BCUT2D eigenvalue weighted by molar-refractivity contribution is -0.143. The molecule has 0 amide bonds. The van der Waals surface area contributed by atoms with E-state index < -0.39 is 5.82 Å². The van der Waals surface area contributed by atoms with Gasteiger partial charge in [0.25, 0.3) is 0 Å². The highest BCUT2D eigenvalue weighted by Crippen LogP contribution is 2.15. The summed E-state index contributed by atoms with van der Waals surface area (Å²) in [5.41, 5.74) is 0. The van der Waals surface area contributed by atoms with E-state index in [-0.39, 0.29) is 11.7 Å². The third-order valence-electron chi connectivity index (χ3n) is 1.92. The Labute approximate surface area is 94.2 Å². The summed E-state index contributed by atoms with van der Waals surface area (Å²) in [5.74, 6) is -0.426. The minimum Gasteiger partial charge on any atom is -0.491 e. The maximum absolute atomic E-state index is 13.1. The molecule has 0 bridgehead atoms. The van der Waals surface area contributed by atoms with Crippen LogP contribution in [-0.4, -0.2) is 19.2 Å². The summed E-state index contributed by atoms with van der Waals surface area (Å²) < 4.78 is 23.0. The molecule has 0 spiro atoms. The van der Waals surface area contributed by atoms with Crippen molar-refractivity contribution in [3.05, 3.63) is 30.1 Å². The minimum atomic E-state index is -0.390. The molecular formula is C12H15FO3. The lowest BCUT2D eigenvalue weighted by atomic mass is 10.3. The van der Waals surface area contributed by atoms with Crippen LogP contribution >= 0.6 is 0 Å². The van der Waals surface area contributed by atoms with Gasteiger partial charge in [-0.2, -0.15) is 0 Å². The molecule has 0 saturated heterocycles. The molecule has 0 aliphatic carbocycles. The van der Waals surface area contributed by atoms with Crippen LogP contribution in [0.1, 0.15) is 19.8 Å². The predicted molar refractivity (Wildman–Crippen MR) is 57.8 cm³/mol. The van der Waals surface area contributed by atoms with Gasteiger partial charge in [-0.15, -0.1) is 0 Å². The van der Waals surface area contributed by atoms with Crippen LogP contribution in [0, 0.1) is 5.82 Å². The summed E-state index contributed by atoms with van der Waals surface area (Å²) in [5, 5.41) is 0. The van der Waals surface area contributed by atoms with Crippen molar-refractivity contribution in [2.75, 3.05) is 13.2 Å². The molecule has 4 heteroatoms. The average molecular weight is 226 g/mol. The van der Waals surface area contributed by atoms with Gasteiger partial charge < -0.3 is 9.47 Å². The third-order valence-corrected chi connectivity index (χ3v) is 1.92. The number of rotatable bonds is 6. The number of halogens is 1. The first-order chi connectivity index (χ1) is 7.74. The molecule has 0 unspecified atom stereocenters. The predicted octanol–water partition coefficient (Wildman–Crippen LogP) is 2.55. The zero-order valence-corrected chi connectivity index (χ0v) is 9.24. The first kappa shape index (κ1) is 12.5. The van der Waals surface area contributed by atoms with Gasteiger partial charge in [0.05, 0.1) is 13.2 Å². The molecule has 3 nitrogen and oxygen atoms in total. The van der Waals surface area contributed by atoms with Crippen LogP contribution in [0.3, 0.4) is 0 Å². The second kappa shape index (κ2) is 6.82. The summed E-state index contributed by atoms with van der Waals surface area (Å²) in [4.78, 5) is 11.0. The van der Waals surface area contributed by atoms with E-state index in [0.717, 1.165) is 0 Å². The maximum Gasteiger partial charge on any atom is 0.305 e. The Morgan fingerprint density at radius 1 is 1.38 bits per heavy atom. The largest absolute Gasteiger partial charge is 0.491 e. The van der Waals surface area contributed by atoms with E-state index >= 15 is 0 Å². The topological polar surface area (TPSA) is 35.5 Å². The molecule has 0 N–H and O–H groups in total. The molecule has 1 aromatic rings. The molecule has 0 atom stereocenters. The van der Waals surface area contributed by atoms with Gasteiger partial charge in [0.15, 0.2) is 11.6 Å². The second-order valence-corrected chi connectivity index (χ2v) is 3.19. The Balaban J connectivity index is 2.21. The molecule has 1 rings (SSSR count). The Bertz CT molecular complexity index is 339. The Kier molecular flexibility index (Phi) is 5.32. The lowest BCUT2D eigenvalue weighted by Crippen LogP contribution is -2.07. The maximum atomic E-state index is 13.1. The van der Waals surface area contributed by atoms with Gasteiger partial charge >= 0.3 is 5.97 Å². The van der Waals surface area contributed by atoms with Crippen LogP contribution < -0.4 is 4.74 Å². The number of esters is 1. The van der Waals surface area contributed by atoms with Crippen LogP contribution in [0.25, 0.3) is 0 Å². The van der Waals surface area contributed by atoms with Gasteiger partial charge in [0, 0.05) is 6.42 Å². The number of hydrogen-bond acceptors (Lipinski definition) is 3. The summed E-state index contributed by atoms with van der Waals surface area (Å²) >= 11 is 0. The van der Waals surface area contributed by atoms with Gasteiger partial charge in [-0.25, -0.2) is 4.39 Å². The van der Waals surface area contributed by atoms with Crippen molar-refractivity contribution >= 4 is 5.97 Å². The minimum absolute atomic E-state index is 0.214. The number of benzene rings is 1. The second-order valence-electron chi connectivity index (χ2n) is 3.19. The molecule has 0 fully saturated rings. The molecule has 0 aliphatic rings. The van der Waals surface area contributed by atoms with Crippen LogP contribution in [0.5, 0.6) is 5.75 Å². The van der Waals surface area contributed by atoms with Crippen molar-refractivity contribution in [1.82, 2.24) is 0 Å².